The smallest absolute Gasteiger partial charge is 0.0667 e. The monoisotopic (exact) mass is 185 g/mol. The molecule has 0 saturated heterocycles. The average Bonchev–Trinajstić information content (AvgIpc) is 2.80. The van der Waals surface area contributed by atoms with E-state index in [1.54, 1.807) is 0 Å². The zero-order chi connectivity index (χ0) is 9.84. The van der Waals surface area contributed by atoms with Crippen molar-refractivity contribution >= 4 is 0 Å². The van der Waals surface area contributed by atoms with Crippen LogP contribution in [0.3, 0.4) is 0 Å². The molecule has 0 aromatic rings. The molecule has 0 radical (unpaired) electrons. The Morgan fingerprint density at radius 1 is 1.31 bits per heavy atom. The fourth-order valence-corrected chi connectivity index (χ4v) is 1.71. The molecular formula is C11H23NO. The van der Waals surface area contributed by atoms with Crippen LogP contribution in [-0.4, -0.2) is 23.8 Å². The van der Waals surface area contributed by atoms with E-state index in [1.165, 1.54) is 12.8 Å². The third-order valence-corrected chi connectivity index (χ3v) is 2.75. The molecule has 0 spiro atoms. The summed E-state index contributed by atoms with van der Waals surface area (Å²) in [5, 5.41) is 13.0. The van der Waals surface area contributed by atoms with E-state index in [0.717, 1.165) is 18.9 Å². The van der Waals surface area contributed by atoms with E-state index in [4.69, 9.17) is 0 Å². The van der Waals surface area contributed by atoms with Crippen molar-refractivity contribution in [1.29, 1.82) is 0 Å². The van der Waals surface area contributed by atoms with E-state index in [1.807, 2.05) is 0 Å². The van der Waals surface area contributed by atoms with E-state index in [0.29, 0.717) is 12.0 Å². The van der Waals surface area contributed by atoms with Crippen molar-refractivity contribution < 1.29 is 5.11 Å². The summed E-state index contributed by atoms with van der Waals surface area (Å²) in [6.07, 6.45) is 3.48. The fourth-order valence-electron chi connectivity index (χ4n) is 1.71. The second-order valence-electron chi connectivity index (χ2n) is 4.82. The topological polar surface area (TPSA) is 32.3 Å². The van der Waals surface area contributed by atoms with Crippen LogP contribution in [0.1, 0.15) is 40.0 Å². The second kappa shape index (κ2) is 4.97. The van der Waals surface area contributed by atoms with E-state index in [9.17, 15) is 5.11 Å². The molecule has 1 saturated carbocycles. The van der Waals surface area contributed by atoms with Crippen molar-refractivity contribution in [3.63, 3.8) is 0 Å². The Bertz CT molecular complexity index is 143. The summed E-state index contributed by atoms with van der Waals surface area (Å²) in [5.41, 5.74) is 0. The maximum Gasteiger partial charge on any atom is 0.0667 e. The number of aliphatic hydroxyl groups is 1. The van der Waals surface area contributed by atoms with Gasteiger partial charge < -0.3 is 10.4 Å². The second-order valence-corrected chi connectivity index (χ2v) is 4.82. The van der Waals surface area contributed by atoms with Gasteiger partial charge in [-0.15, -0.1) is 0 Å². The lowest BCUT2D eigenvalue weighted by Gasteiger charge is -2.17. The SMILES string of the molecule is CC(C)CC(O)CNC(C)C1CC1. The normalized spacial score (nSPS) is 21.9. The highest BCUT2D eigenvalue weighted by molar-refractivity contribution is 4.83. The van der Waals surface area contributed by atoms with Gasteiger partial charge in [-0.05, 0) is 38.0 Å². The number of aliphatic hydroxyl groups excluding tert-OH is 1. The van der Waals surface area contributed by atoms with Gasteiger partial charge in [0.1, 0.15) is 0 Å². The van der Waals surface area contributed by atoms with Crippen LogP contribution in [0.5, 0.6) is 0 Å². The third-order valence-electron chi connectivity index (χ3n) is 2.75. The van der Waals surface area contributed by atoms with Crippen LogP contribution in [0.15, 0.2) is 0 Å². The van der Waals surface area contributed by atoms with Crippen molar-refractivity contribution in [2.75, 3.05) is 6.54 Å². The molecule has 0 bridgehead atoms. The molecule has 1 rings (SSSR count). The molecule has 2 N–H and O–H groups in total. The van der Waals surface area contributed by atoms with Crippen LogP contribution < -0.4 is 5.32 Å². The van der Waals surface area contributed by atoms with E-state index in [2.05, 4.69) is 26.1 Å². The van der Waals surface area contributed by atoms with Crippen molar-refractivity contribution in [3.05, 3.63) is 0 Å². The Balaban J connectivity index is 2.03. The molecule has 1 fully saturated rings. The first-order valence-corrected chi connectivity index (χ1v) is 5.51. The summed E-state index contributed by atoms with van der Waals surface area (Å²) in [6, 6.07) is 0.599. The van der Waals surface area contributed by atoms with Crippen LogP contribution in [0, 0.1) is 11.8 Å². The lowest BCUT2D eigenvalue weighted by Crippen LogP contribution is -2.35. The first-order valence-electron chi connectivity index (χ1n) is 5.51. The van der Waals surface area contributed by atoms with Gasteiger partial charge in [-0.2, -0.15) is 0 Å². The minimum atomic E-state index is -0.166. The Morgan fingerprint density at radius 3 is 2.38 bits per heavy atom. The van der Waals surface area contributed by atoms with Crippen LogP contribution in [0.2, 0.25) is 0 Å². The van der Waals surface area contributed by atoms with Gasteiger partial charge in [-0.3, -0.25) is 0 Å². The van der Waals surface area contributed by atoms with Gasteiger partial charge in [0.2, 0.25) is 0 Å². The van der Waals surface area contributed by atoms with Crippen LogP contribution in [0.25, 0.3) is 0 Å². The van der Waals surface area contributed by atoms with Crippen molar-refractivity contribution in [3.8, 4) is 0 Å². The Morgan fingerprint density at radius 2 is 1.92 bits per heavy atom. The van der Waals surface area contributed by atoms with Crippen molar-refractivity contribution in [1.82, 2.24) is 5.32 Å². The van der Waals surface area contributed by atoms with Crippen LogP contribution >= 0.6 is 0 Å². The maximum atomic E-state index is 9.61. The third kappa shape index (κ3) is 4.63. The lowest BCUT2D eigenvalue weighted by atomic mass is 10.1. The summed E-state index contributed by atoms with van der Waals surface area (Å²) >= 11 is 0. The molecule has 1 aliphatic rings. The molecule has 2 atom stereocenters. The quantitative estimate of drug-likeness (QED) is 0.661. The summed E-state index contributed by atoms with van der Waals surface area (Å²) < 4.78 is 0. The first kappa shape index (κ1) is 11.0. The fraction of sp³-hybridized carbons (Fsp3) is 1.00. The zero-order valence-corrected chi connectivity index (χ0v) is 9.09. The predicted octanol–water partition coefficient (Wildman–Crippen LogP) is 1.78. The van der Waals surface area contributed by atoms with E-state index >= 15 is 0 Å². The molecule has 0 aromatic heterocycles. The molecule has 0 aromatic carbocycles. The zero-order valence-electron chi connectivity index (χ0n) is 9.09. The van der Waals surface area contributed by atoms with Crippen LogP contribution in [0.4, 0.5) is 0 Å². The number of rotatable bonds is 6. The summed E-state index contributed by atoms with van der Waals surface area (Å²) in [5.74, 6) is 1.47. The summed E-state index contributed by atoms with van der Waals surface area (Å²) in [6.45, 7) is 7.27. The standard InChI is InChI=1S/C11H23NO/c1-8(2)6-11(13)7-12-9(3)10-4-5-10/h8-13H,4-7H2,1-3H3. The molecule has 13 heavy (non-hydrogen) atoms. The van der Waals surface area contributed by atoms with Gasteiger partial charge in [0, 0.05) is 12.6 Å². The van der Waals surface area contributed by atoms with Gasteiger partial charge in [0.25, 0.3) is 0 Å². The minimum Gasteiger partial charge on any atom is -0.392 e. The molecule has 0 heterocycles. The highest BCUT2D eigenvalue weighted by Crippen LogP contribution is 2.32. The summed E-state index contributed by atoms with van der Waals surface area (Å²) in [4.78, 5) is 0. The van der Waals surface area contributed by atoms with E-state index < -0.39 is 0 Å². The molecule has 2 unspecified atom stereocenters. The maximum absolute atomic E-state index is 9.61. The first-order chi connectivity index (χ1) is 6.09. The molecule has 2 heteroatoms. The van der Waals surface area contributed by atoms with Gasteiger partial charge in [0.15, 0.2) is 0 Å². The molecular weight excluding hydrogens is 162 g/mol. The number of nitrogens with one attached hydrogen (secondary N) is 1. The van der Waals surface area contributed by atoms with Crippen molar-refractivity contribution in [2.45, 2.75) is 52.2 Å². The Hall–Kier alpha value is -0.0800. The molecule has 2 nitrogen and oxygen atoms in total. The number of hydrogen-bond acceptors (Lipinski definition) is 2. The van der Waals surface area contributed by atoms with Crippen LogP contribution in [-0.2, 0) is 0 Å². The largest absolute Gasteiger partial charge is 0.392 e. The van der Waals surface area contributed by atoms with Gasteiger partial charge >= 0.3 is 0 Å². The predicted molar refractivity (Wildman–Crippen MR) is 55.7 cm³/mol. The summed E-state index contributed by atoms with van der Waals surface area (Å²) in [7, 11) is 0. The Kier molecular flexibility index (Phi) is 4.20. The van der Waals surface area contributed by atoms with Gasteiger partial charge in [0.05, 0.1) is 6.10 Å². The molecule has 78 valence electrons. The van der Waals surface area contributed by atoms with Crippen molar-refractivity contribution in [2.24, 2.45) is 11.8 Å². The van der Waals surface area contributed by atoms with Gasteiger partial charge in [-0.25, -0.2) is 0 Å². The molecule has 0 aliphatic heterocycles. The molecule has 1 aliphatic carbocycles. The molecule has 0 amide bonds. The minimum absolute atomic E-state index is 0.166. The highest BCUT2D eigenvalue weighted by Gasteiger charge is 2.27. The van der Waals surface area contributed by atoms with Gasteiger partial charge in [-0.1, -0.05) is 13.8 Å². The number of hydrogen-bond donors (Lipinski definition) is 2. The Labute approximate surface area is 81.7 Å². The average molecular weight is 185 g/mol. The van der Waals surface area contributed by atoms with E-state index in [-0.39, 0.29) is 6.10 Å². The lowest BCUT2D eigenvalue weighted by molar-refractivity contribution is 0.142. The highest BCUT2D eigenvalue weighted by atomic mass is 16.3.